The molecule has 30 heavy (non-hydrogen) atoms. The molecule has 3 rings (SSSR count). The van der Waals surface area contributed by atoms with Gasteiger partial charge < -0.3 is 10.2 Å². The second-order valence-corrected chi connectivity index (χ2v) is 6.74. The summed E-state index contributed by atoms with van der Waals surface area (Å²) in [7, 11) is 0. The fraction of sp³-hybridized carbons (Fsp3) is 0.273. The summed E-state index contributed by atoms with van der Waals surface area (Å²) in [5.41, 5.74) is 1.77. The minimum Gasteiger partial charge on any atom is -0.473 e. The van der Waals surface area contributed by atoms with E-state index in [2.05, 4.69) is 34.1 Å². The zero-order valence-electron chi connectivity index (χ0n) is 16.4. The highest BCUT2D eigenvalue weighted by atomic mass is 19.1. The second-order valence-electron chi connectivity index (χ2n) is 6.74. The van der Waals surface area contributed by atoms with Crippen LogP contribution in [0.25, 0.3) is 6.08 Å². The van der Waals surface area contributed by atoms with Gasteiger partial charge in [-0.3, -0.25) is 9.80 Å². The average molecular weight is 418 g/mol. The van der Waals surface area contributed by atoms with Crippen molar-refractivity contribution in [1.29, 1.82) is 0 Å². The third-order valence-electron chi connectivity index (χ3n) is 4.53. The molecule has 2 aromatic rings. The highest BCUT2D eigenvalue weighted by molar-refractivity contribution is 6.27. The Morgan fingerprint density at radius 1 is 0.900 bits per heavy atom. The number of nitrogens with zero attached hydrogens (tertiary/aromatic N) is 2. The van der Waals surface area contributed by atoms with Gasteiger partial charge in [0.25, 0.3) is 0 Å². The molecule has 0 atom stereocenters. The van der Waals surface area contributed by atoms with Gasteiger partial charge in [-0.1, -0.05) is 48.6 Å². The molecule has 1 heterocycles. The van der Waals surface area contributed by atoms with Crippen LogP contribution < -0.4 is 0 Å². The lowest BCUT2D eigenvalue weighted by molar-refractivity contribution is -0.159. The van der Waals surface area contributed by atoms with E-state index in [1.807, 2.05) is 18.2 Å². The zero-order valence-corrected chi connectivity index (χ0v) is 16.4. The predicted molar refractivity (Wildman–Crippen MR) is 109 cm³/mol. The molecule has 0 saturated carbocycles. The number of aliphatic carboxylic acids is 2. The van der Waals surface area contributed by atoms with Gasteiger partial charge in [-0.15, -0.1) is 0 Å². The number of hydrogen-bond acceptors (Lipinski definition) is 4. The van der Waals surface area contributed by atoms with Crippen molar-refractivity contribution >= 4 is 18.0 Å². The summed E-state index contributed by atoms with van der Waals surface area (Å²) < 4.78 is 26.7. The Morgan fingerprint density at radius 3 is 2.07 bits per heavy atom. The van der Waals surface area contributed by atoms with Crippen molar-refractivity contribution in [2.24, 2.45) is 0 Å². The van der Waals surface area contributed by atoms with Crippen LogP contribution in [0.2, 0.25) is 0 Å². The SMILES string of the molecule is Fc1ccc(CN2CCN(C/C=C/c3ccccc3)CC2)c(F)c1.O=C(O)C(=O)O. The molecule has 0 aliphatic carbocycles. The van der Waals surface area contributed by atoms with Gasteiger partial charge >= 0.3 is 11.9 Å². The second kappa shape index (κ2) is 11.8. The molecule has 1 aliphatic heterocycles. The van der Waals surface area contributed by atoms with E-state index in [1.54, 1.807) is 6.07 Å². The molecule has 1 fully saturated rings. The first-order valence-corrected chi connectivity index (χ1v) is 9.41. The van der Waals surface area contributed by atoms with Crippen molar-refractivity contribution in [2.45, 2.75) is 6.54 Å². The van der Waals surface area contributed by atoms with Crippen molar-refractivity contribution in [3.05, 3.63) is 77.4 Å². The van der Waals surface area contributed by atoms with Gasteiger partial charge in [-0.2, -0.15) is 0 Å². The van der Waals surface area contributed by atoms with Crippen LogP contribution in [0, 0.1) is 11.6 Å². The molecule has 0 bridgehead atoms. The first-order chi connectivity index (χ1) is 14.3. The predicted octanol–water partition coefficient (Wildman–Crippen LogP) is 2.95. The zero-order chi connectivity index (χ0) is 21.9. The molecule has 0 aromatic heterocycles. The van der Waals surface area contributed by atoms with Crippen LogP contribution in [0.3, 0.4) is 0 Å². The van der Waals surface area contributed by atoms with Gasteiger partial charge in [-0.05, 0) is 11.6 Å². The van der Waals surface area contributed by atoms with Crippen LogP contribution >= 0.6 is 0 Å². The lowest BCUT2D eigenvalue weighted by Crippen LogP contribution is -2.45. The van der Waals surface area contributed by atoms with E-state index in [1.165, 1.54) is 11.6 Å². The van der Waals surface area contributed by atoms with Crippen LogP contribution in [0.5, 0.6) is 0 Å². The number of benzene rings is 2. The summed E-state index contributed by atoms with van der Waals surface area (Å²) in [6.45, 7) is 5.18. The van der Waals surface area contributed by atoms with Gasteiger partial charge in [0.1, 0.15) is 11.6 Å². The maximum absolute atomic E-state index is 13.7. The molecule has 2 N–H and O–H groups in total. The largest absolute Gasteiger partial charge is 0.473 e. The van der Waals surface area contributed by atoms with Gasteiger partial charge in [0.15, 0.2) is 0 Å². The van der Waals surface area contributed by atoms with Crippen LogP contribution in [0.4, 0.5) is 8.78 Å². The van der Waals surface area contributed by atoms with Gasteiger partial charge in [0, 0.05) is 50.9 Å². The van der Waals surface area contributed by atoms with E-state index in [-0.39, 0.29) is 0 Å². The molecule has 1 aliphatic rings. The minimum atomic E-state index is -1.82. The lowest BCUT2D eigenvalue weighted by atomic mass is 10.1. The summed E-state index contributed by atoms with van der Waals surface area (Å²) in [5.74, 6) is -4.63. The van der Waals surface area contributed by atoms with E-state index < -0.39 is 23.6 Å². The normalized spacial score (nSPS) is 14.9. The maximum Gasteiger partial charge on any atom is 0.414 e. The summed E-state index contributed by atoms with van der Waals surface area (Å²) >= 11 is 0. The molecular weight excluding hydrogens is 394 g/mol. The maximum atomic E-state index is 13.7. The first kappa shape index (κ1) is 23.2. The highest BCUT2D eigenvalue weighted by Gasteiger charge is 2.17. The van der Waals surface area contributed by atoms with Gasteiger partial charge in [0.05, 0.1) is 0 Å². The van der Waals surface area contributed by atoms with Crippen LogP contribution in [0.15, 0.2) is 54.6 Å². The van der Waals surface area contributed by atoms with Crippen molar-refractivity contribution in [2.75, 3.05) is 32.7 Å². The third-order valence-corrected chi connectivity index (χ3v) is 4.53. The number of carboxylic acid groups (broad SMARTS) is 2. The van der Waals surface area contributed by atoms with E-state index in [0.29, 0.717) is 12.1 Å². The fourth-order valence-electron chi connectivity index (χ4n) is 2.92. The number of rotatable bonds is 5. The molecule has 0 unspecified atom stereocenters. The van der Waals surface area contributed by atoms with Crippen molar-refractivity contribution < 1.29 is 28.6 Å². The first-order valence-electron chi connectivity index (χ1n) is 9.41. The topological polar surface area (TPSA) is 81.1 Å². The highest BCUT2D eigenvalue weighted by Crippen LogP contribution is 2.14. The Morgan fingerprint density at radius 2 is 1.50 bits per heavy atom. The Hall–Kier alpha value is -3.10. The summed E-state index contributed by atoms with van der Waals surface area (Å²) in [4.78, 5) is 22.8. The Labute approximate surface area is 173 Å². The molecule has 2 aromatic carbocycles. The van der Waals surface area contributed by atoms with E-state index in [9.17, 15) is 8.78 Å². The monoisotopic (exact) mass is 418 g/mol. The quantitative estimate of drug-likeness (QED) is 0.727. The molecular formula is C22H24F2N2O4. The van der Waals surface area contributed by atoms with Gasteiger partial charge in [0.2, 0.25) is 0 Å². The lowest BCUT2D eigenvalue weighted by Gasteiger charge is -2.34. The number of carbonyl (C=O) groups is 2. The van der Waals surface area contributed by atoms with E-state index in [0.717, 1.165) is 38.8 Å². The van der Waals surface area contributed by atoms with Crippen molar-refractivity contribution in [3.8, 4) is 0 Å². The average Bonchev–Trinajstić information content (AvgIpc) is 2.72. The van der Waals surface area contributed by atoms with Crippen molar-refractivity contribution in [3.63, 3.8) is 0 Å². The molecule has 0 radical (unpaired) electrons. The fourth-order valence-corrected chi connectivity index (χ4v) is 2.92. The van der Waals surface area contributed by atoms with E-state index in [4.69, 9.17) is 19.8 Å². The number of hydrogen-bond donors (Lipinski definition) is 2. The molecule has 0 amide bonds. The minimum absolute atomic E-state index is 0.455. The Balaban J connectivity index is 0.000000469. The van der Waals surface area contributed by atoms with E-state index >= 15 is 0 Å². The van der Waals surface area contributed by atoms with Crippen LogP contribution in [-0.2, 0) is 16.1 Å². The van der Waals surface area contributed by atoms with Gasteiger partial charge in [-0.25, -0.2) is 18.4 Å². The summed E-state index contributed by atoms with van der Waals surface area (Å²) in [5, 5.41) is 14.8. The number of piperazine rings is 1. The molecule has 160 valence electrons. The molecule has 0 spiro atoms. The Kier molecular flexibility index (Phi) is 9.11. The van der Waals surface area contributed by atoms with Crippen LogP contribution in [0.1, 0.15) is 11.1 Å². The summed E-state index contributed by atoms with van der Waals surface area (Å²) in [6.07, 6.45) is 4.32. The van der Waals surface area contributed by atoms with Crippen LogP contribution in [-0.4, -0.2) is 64.7 Å². The van der Waals surface area contributed by atoms with Crippen molar-refractivity contribution in [1.82, 2.24) is 9.80 Å². The molecule has 8 heteroatoms. The molecule has 1 saturated heterocycles. The third kappa shape index (κ3) is 8.10. The summed E-state index contributed by atoms with van der Waals surface area (Å²) in [6, 6.07) is 14.1. The smallest absolute Gasteiger partial charge is 0.414 e. The number of halogens is 2. The molecule has 6 nitrogen and oxygen atoms in total. The Bertz CT molecular complexity index is 855. The standard InChI is InChI=1S/C20H22F2N2.C2H2O4/c21-19-9-8-18(20(22)15-19)16-24-13-11-23(12-14-24)10-4-7-17-5-2-1-3-6-17;3-1(4)2(5)6/h1-9,15H,10-14,16H2;(H,3,4)(H,5,6)/b7-4+;. The number of carboxylic acids is 2.